The standard InChI is InChI=1S/C13H8BrClF2O/c14-7-8-5-9(15)1-4-12(8)18-13-6-10(16)2-3-11(13)17/h1-6H,7H2. The van der Waals surface area contributed by atoms with Crippen molar-refractivity contribution in [3.8, 4) is 11.5 Å². The van der Waals surface area contributed by atoms with E-state index in [0.717, 1.165) is 23.8 Å². The van der Waals surface area contributed by atoms with E-state index in [4.69, 9.17) is 16.3 Å². The summed E-state index contributed by atoms with van der Waals surface area (Å²) in [5.41, 5.74) is 0.756. The molecular weight excluding hydrogens is 325 g/mol. The van der Waals surface area contributed by atoms with E-state index in [1.807, 2.05) is 0 Å². The van der Waals surface area contributed by atoms with E-state index in [0.29, 0.717) is 16.1 Å². The topological polar surface area (TPSA) is 9.23 Å². The second-order valence-electron chi connectivity index (χ2n) is 3.56. The largest absolute Gasteiger partial charge is 0.454 e. The Hall–Kier alpha value is -1.13. The van der Waals surface area contributed by atoms with Crippen LogP contribution < -0.4 is 4.74 Å². The van der Waals surface area contributed by atoms with Crippen LogP contribution in [0.4, 0.5) is 8.78 Å². The zero-order valence-electron chi connectivity index (χ0n) is 9.09. The van der Waals surface area contributed by atoms with Crippen LogP contribution in [0.15, 0.2) is 36.4 Å². The van der Waals surface area contributed by atoms with Gasteiger partial charge in [-0.3, -0.25) is 0 Å². The normalized spacial score (nSPS) is 10.4. The Kier molecular flexibility index (Phi) is 4.19. The average molecular weight is 334 g/mol. The first-order valence-electron chi connectivity index (χ1n) is 5.07. The summed E-state index contributed by atoms with van der Waals surface area (Å²) in [7, 11) is 0. The van der Waals surface area contributed by atoms with Crippen molar-refractivity contribution in [2.24, 2.45) is 0 Å². The molecule has 0 fully saturated rings. The zero-order valence-corrected chi connectivity index (χ0v) is 11.4. The van der Waals surface area contributed by atoms with E-state index < -0.39 is 11.6 Å². The highest BCUT2D eigenvalue weighted by Crippen LogP contribution is 2.31. The van der Waals surface area contributed by atoms with Gasteiger partial charge in [-0.2, -0.15) is 0 Å². The second kappa shape index (κ2) is 5.67. The summed E-state index contributed by atoms with van der Waals surface area (Å²) in [6.07, 6.45) is 0. The predicted octanol–water partition coefficient (Wildman–Crippen LogP) is 5.31. The van der Waals surface area contributed by atoms with Crippen LogP contribution in [-0.4, -0.2) is 0 Å². The summed E-state index contributed by atoms with van der Waals surface area (Å²) < 4.78 is 31.8. The van der Waals surface area contributed by atoms with E-state index in [2.05, 4.69) is 15.9 Å². The highest BCUT2D eigenvalue weighted by atomic mass is 79.9. The molecule has 0 saturated carbocycles. The molecule has 0 saturated heterocycles. The zero-order chi connectivity index (χ0) is 13.1. The first kappa shape index (κ1) is 13.3. The van der Waals surface area contributed by atoms with Crippen LogP contribution in [0.1, 0.15) is 5.56 Å². The Bertz CT molecular complexity index is 575. The Labute approximate surface area is 116 Å². The van der Waals surface area contributed by atoms with Crippen molar-refractivity contribution in [3.63, 3.8) is 0 Å². The van der Waals surface area contributed by atoms with Crippen molar-refractivity contribution in [2.45, 2.75) is 5.33 Å². The quantitative estimate of drug-likeness (QED) is 0.692. The lowest BCUT2D eigenvalue weighted by Gasteiger charge is -2.10. The maximum absolute atomic E-state index is 13.4. The minimum absolute atomic E-state index is 0.153. The van der Waals surface area contributed by atoms with Gasteiger partial charge in [0.2, 0.25) is 0 Å². The molecule has 2 aromatic rings. The van der Waals surface area contributed by atoms with Crippen LogP contribution in [-0.2, 0) is 5.33 Å². The fourth-order valence-electron chi connectivity index (χ4n) is 1.43. The number of benzene rings is 2. The number of hydrogen-bond acceptors (Lipinski definition) is 1. The number of ether oxygens (including phenoxy) is 1. The molecule has 2 aromatic carbocycles. The van der Waals surface area contributed by atoms with Crippen molar-refractivity contribution < 1.29 is 13.5 Å². The molecule has 1 nitrogen and oxygen atoms in total. The molecule has 0 aromatic heterocycles. The molecule has 0 N–H and O–H groups in total. The maximum Gasteiger partial charge on any atom is 0.165 e. The summed E-state index contributed by atoms with van der Waals surface area (Å²) in [6.45, 7) is 0. The smallest absolute Gasteiger partial charge is 0.165 e. The lowest BCUT2D eigenvalue weighted by Crippen LogP contribution is -1.93. The van der Waals surface area contributed by atoms with Crippen molar-refractivity contribution in [3.05, 3.63) is 58.6 Å². The van der Waals surface area contributed by atoms with E-state index in [1.165, 1.54) is 0 Å². The Balaban J connectivity index is 2.36. The third-order valence-corrected chi connectivity index (χ3v) is 3.12. The Morgan fingerprint density at radius 1 is 1.06 bits per heavy atom. The summed E-state index contributed by atoms with van der Waals surface area (Å²) in [4.78, 5) is 0. The SMILES string of the molecule is Fc1ccc(F)c(Oc2ccc(Cl)cc2CBr)c1. The van der Waals surface area contributed by atoms with Crippen molar-refractivity contribution >= 4 is 27.5 Å². The van der Waals surface area contributed by atoms with E-state index in [1.54, 1.807) is 18.2 Å². The van der Waals surface area contributed by atoms with Gasteiger partial charge in [0.15, 0.2) is 11.6 Å². The maximum atomic E-state index is 13.4. The lowest BCUT2D eigenvalue weighted by atomic mass is 10.2. The highest BCUT2D eigenvalue weighted by Gasteiger charge is 2.09. The molecule has 0 aliphatic rings. The third-order valence-electron chi connectivity index (χ3n) is 2.28. The molecule has 5 heteroatoms. The van der Waals surface area contributed by atoms with Crippen LogP contribution in [0.3, 0.4) is 0 Å². The number of rotatable bonds is 3. The molecule has 0 spiro atoms. The van der Waals surface area contributed by atoms with Gasteiger partial charge in [0.05, 0.1) is 0 Å². The van der Waals surface area contributed by atoms with Crippen LogP contribution >= 0.6 is 27.5 Å². The molecule has 0 aliphatic carbocycles. The molecule has 0 atom stereocenters. The van der Waals surface area contributed by atoms with Gasteiger partial charge in [-0.25, -0.2) is 8.78 Å². The van der Waals surface area contributed by atoms with Crippen LogP contribution in [0, 0.1) is 11.6 Å². The third kappa shape index (κ3) is 3.00. The van der Waals surface area contributed by atoms with Gasteiger partial charge in [0.1, 0.15) is 11.6 Å². The van der Waals surface area contributed by atoms with Gasteiger partial charge >= 0.3 is 0 Å². The van der Waals surface area contributed by atoms with Crippen LogP contribution in [0.2, 0.25) is 5.02 Å². The molecule has 94 valence electrons. The highest BCUT2D eigenvalue weighted by molar-refractivity contribution is 9.08. The summed E-state index contributed by atoms with van der Waals surface area (Å²) in [6, 6.07) is 8.00. The van der Waals surface area contributed by atoms with Gasteiger partial charge in [-0.05, 0) is 30.3 Å². The Morgan fingerprint density at radius 3 is 2.56 bits per heavy atom. The van der Waals surface area contributed by atoms with E-state index in [9.17, 15) is 8.78 Å². The van der Waals surface area contributed by atoms with Crippen molar-refractivity contribution in [1.82, 2.24) is 0 Å². The molecule has 2 rings (SSSR count). The fraction of sp³-hybridized carbons (Fsp3) is 0.0769. The van der Waals surface area contributed by atoms with Crippen molar-refractivity contribution in [2.75, 3.05) is 0 Å². The summed E-state index contributed by atoms with van der Waals surface area (Å²) in [5.74, 6) is -0.895. The second-order valence-corrected chi connectivity index (χ2v) is 4.56. The average Bonchev–Trinajstić information content (AvgIpc) is 2.36. The molecule has 0 aliphatic heterocycles. The van der Waals surface area contributed by atoms with E-state index >= 15 is 0 Å². The van der Waals surface area contributed by atoms with Crippen LogP contribution in [0.25, 0.3) is 0 Å². The minimum atomic E-state index is -0.619. The Morgan fingerprint density at radius 2 is 1.83 bits per heavy atom. The van der Waals surface area contributed by atoms with Gasteiger partial charge in [0, 0.05) is 22.0 Å². The molecule has 0 bridgehead atoms. The predicted molar refractivity (Wildman–Crippen MR) is 70.5 cm³/mol. The first-order valence-corrected chi connectivity index (χ1v) is 6.57. The van der Waals surface area contributed by atoms with Gasteiger partial charge in [0.25, 0.3) is 0 Å². The number of hydrogen-bond donors (Lipinski definition) is 0. The molecule has 0 heterocycles. The monoisotopic (exact) mass is 332 g/mol. The molecule has 0 radical (unpaired) electrons. The first-order chi connectivity index (χ1) is 8.60. The summed E-state index contributed by atoms with van der Waals surface area (Å²) >= 11 is 9.13. The summed E-state index contributed by atoms with van der Waals surface area (Å²) in [5, 5.41) is 1.05. The molecule has 0 unspecified atom stereocenters. The van der Waals surface area contributed by atoms with E-state index in [-0.39, 0.29) is 5.75 Å². The van der Waals surface area contributed by atoms with Gasteiger partial charge in [-0.15, -0.1) is 0 Å². The molecular formula is C13H8BrClF2O. The van der Waals surface area contributed by atoms with Gasteiger partial charge < -0.3 is 4.74 Å². The number of alkyl halides is 1. The van der Waals surface area contributed by atoms with Crippen LogP contribution in [0.5, 0.6) is 11.5 Å². The molecule has 18 heavy (non-hydrogen) atoms. The fourth-order valence-corrected chi connectivity index (χ4v) is 2.06. The lowest BCUT2D eigenvalue weighted by molar-refractivity contribution is 0.434. The number of halogens is 4. The molecule has 0 amide bonds. The van der Waals surface area contributed by atoms with Gasteiger partial charge in [-0.1, -0.05) is 27.5 Å². The minimum Gasteiger partial charge on any atom is -0.454 e. The van der Waals surface area contributed by atoms with Crippen molar-refractivity contribution in [1.29, 1.82) is 0 Å².